The van der Waals surface area contributed by atoms with Crippen molar-refractivity contribution in [3.8, 4) is 0 Å². The van der Waals surface area contributed by atoms with Crippen molar-refractivity contribution in [1.82, 2.24) is 5.32 Å². The van der Waals surface area contributed by atoms with E-state index in [0.717, 1.165) is 12.0 Å². The van der Waals surface area contributed by atoms with Gasteiger partial charge >= 0.3 is 0 Å². The first-order valence-corrected chi connectivity index (χ1v) is 6.26. The summed E-state index contributed by atoms with van der Waals surface area (Å²) < 4.78 is 0. The molecule has 2 unspecified atom stereocenters. The maximum Gasteiger partial charge on any atom is 0.241 e. The van der Waals surface area contributed by atoms with Gasteiger partial charge in [0.15, 0.2) is 0 Å². The normalized spacial score (nSPS) is 15.8. The van der Waals surface area contributed by atoms with Crippen molar-refractivity contribution in [2.45, 2.75) is 38.3 Å². The molecular formula is C14H22N2O2. The van der Waals surface area contributed by atoms with Crippen LogP contribution in [-0.2, 0) is 4.79 Å². The highest BCUT2D eigenvalue weighted by Crippen LogP contribution is 2.16. The van der Waals surface area contributed by atoms with Crippen LogP contribution in [0.4, 0.5) is 0 Å². The lowest BCUT2D eigenvalue weighted by Gasteiger charge is -2.30. The second kappa shape index (κ2) is 6.52. The van der Waals surface area contributed by atoms with Crippen molar-refractivity contribution in [3.05, 3.63) is 35.9 Å². The van der Waals surface area contributed by atoms with Crippen LogP contribution in [0.1, 0.15) is 38.3 Å². The molecule has 0 spiro atoms. The smallest absolute Gasteiger partial charge is 0.241 e. The van der Waals surface area contributed by atoms with Crippen molar-refractivity contribution in [1.29, 1.82) is 0 Å². The van der Waals surface area contributed by atoms with Crippen molar-refractivity contribution in [2.75, 3.05) is 6.61 Å². The first-order chi connectivity index (χ1) is 8.52. The van der Waals surface area contributed by atoms with E-state index in [1.165, 1.54) is 0 Å². The third-order valence-electron chi connectivity index (χ3n) is 3.31. The summed E-state index contributed by atoms with van der Waals surface area (Å²) in [6.07, 6.45) is 1.28. The van der Waals surface area contributed by atoms with Gasteiger partial charge in [0.2, 0.25) is 5.91 Å². The van der Waals surface area contributed by atoms with Gasteiger partial charge in [-0.05, 0) is 25.3 Å². The molecule has 1 amide bonds. The Hall–Kier alpha value is -1.39. The largest absolute Gasteiger partial charge is 0.396 e. The topological polar surface area (TPSA) is 75.3 Å². The summed E-state index contributed by atoms with van der Waals surface area (Å²) in [5.41, 5.74) is 6.31. The first kappa shape index (κ1) is 14.7. The highest BCUT2D eigenvalue weighted by atomic mass is 16.3. The molecule has 0 aliphatic carbocycles. The van der Waals surface area contributed by atoms with E-state index in [4.69, 9.17) is 10.8 Å². The van der Waals surface area contributed by atoms with Gasteiger partial charge in [-0.2, -0.15) is 0 Å². The molecule has 1 rings (SSSR count). The fourth-order valence-electron chi connectivity index (χ4n) is 1.76. The van der Waals surface area contributed by atoms with Gasteiger partial charge in [-0.25, -0.2) is 0 Å². The Labute approximate surface area is 108 Å². The Morgan fingerprint density at radius 2 is 2.06 bits per heavy atom. The summed E-state index contributed by atoms with van der Waals surface area (Å²) in [6.45, 7) is 3.94. The molecule has 0 aromatic heterocycles. The van der Waals surface area contributed by atoms with Gasteiger partial charge < -0.3 is 16.2 Å². The SMILES string of the molecule is CCC(C)(CCO)NC(=O)C(N)c1ccccc1. The molecule has 0 heterocycles. The fourth-order valence-corrected chi connectivity index (χ4v) is 1.76. The monoisotopic (exact) mass is 250 g/mol. The van der Waals surface area contributed by atoms with Gasteiger partial charge in [0.05, 0.1) is 0 Å². The highest BCUT2D eigenvalue weighted by molar-refractivity contribution is 5.83. The Morgan fingerprint density at radius 3 is 2.56 bits per heavy atom. The van der Waals surface area contributed by atoms with Crippen LogP contribution in [0.15, 0.2) is 30.3 Å². The number of aliphatic hydroxyl groups excluding tert-OH is 1. The quantitative estimate of drug-likeness (QED) is 0.713. The molecular weight excluding hydrogens is 228 g/mol. The summed E-state index contributed by atoms with van der Waals surface area (Å²) >= 11 is 0. The Bertz CT molecular complexity index is 381. The van der Waals surface area contributed by atoms with Crippen LogP contribution in [0.25, 0.3) is 0 Å². The Balaban J connectivity index is 2.70. The number of benzene rings is 1. The molecule has 4 N–H and O–H groups in total. The number of rotatable bonds is 6. The summed E-state index contributed by atoms with van der Waals surface area (Å²) in [6, 6.07) is 8.59. The van der Waals surface area contributed by atoms with E-state index in [1.54, 1.807) is 0 Å². The summed E-state index contributed by atoms with van der Waals surface area (Å²) in [5.74, 6) is -0.209. The molecule has 4 nitrogen and oxygen atoms in total. The number of hydrogen-bond donors (Lipinski definition) is 3. The number of nitrogens with two attached hydrogens (primary N) is 1. The molecule has 0 saturated heterocycles. The first-order valence-electron chi connectivity index (χ1n) is 6.26. The lowest BCUT2D eigenvalue weighted by atomic mass is 9.94. The number of aliphatic hydroxyl groups is 1. The van der Waals surface area contributed by atoms with Gasteiger partial charge in [0, 0.05) is 12.1 Å². The Morgan fingerprint density at radius 1 is 1.44 bits per heavy atom. The maximum atomic E-state index is 12.1. The zero-order valence-corrected chi connectivity index (χ0v) is 11.0. The number of nitrogens with one attached hydrogen (secondary N) is 1. The van der Waals surface area contributed by atoms with E-state index >= 15 is 0 Å². The fraction of sp³-hybridized carbons (Fsp3) is 0.500. The van der Waals surface area contributed by atoms with E-state index in [-0.39, 0.29) is 12.5 Å². The van der Waals surface area contributed by atoms with Crippen molar-refractivity contribution in [3.63, 3.8) is 0 Å². The van der Waals surface area contributed by atoms with Gasteiger partial charge in [-0.15, -0.1) is 0 Å². The minimum Gasteiger partial charge on any atom is -0.396 e. The van der Waals surface area contributed by atoms with E-state index < -0.39 is 11.6 Å². The van der Waals surface area contributed by atoms with E-state index in [2.05, 4.69) is 5.32 Å². The van der Waals surface area contributed by atoms with E-state index in [1.807, 2.05) is 44.2 Å². The lowest BCUT2D eigenvalue weighted by molar-refractivity contribution is -0.124. The van der Waals surface area contributed by atoms with Crippen LogP contribution in [0.3, 0.4) is 0 Å². The number of carbonyl (C=O) groups is 1. The predicted molar refractivity (Wildman–Crippen MR) is 71.9 cm³/mol. The molecule has 0 saturated carbocycles. The average Bonchev–Trinajstić information content (AvgIpc) is 2.39. The van der Waals surface area contributed by atoms with Crippen LogP contribution < -0.4 is 11.1 Å². The summed E-state index contributed by atoms with van der Waals surface area (Å²) in [5, 5.41) is 11.9. The second-order valence-corrected chi connectivity index (χ2v) is 4.77. The molecule has 1 aromatic rings. The molecule has 100 valence electrons. The van der Waals surface area contributed by atoms with Crippen molar-refractivity contribution < 1.29 is 9.90 Å². The summed E-state index contributed by atoms with van der Waals surface area (Å²) in [7, 11) is 0. The van der Waals surface area contributed by atoms with Crippen LogP contribution >= 0.6 is 0 Å². The predicted octanol–water partition coefficient (Wildman–Crippen LogP) is 1.35. The van der Waals surface area contributed by atoms with Crippen LogP contribution in [0.2, 0.25) is 0 Å². The van der Waals surface area contributed by atoms with E-state index in [0.29, 0.717) is 6.42 Å². The van der Waals surface area contributed by atoms with Gasteiger partial charge in [-0.3, -0.25) is 4.79 Å². The van der Waals surface area contributed by atoms with Crippen LogP contribution in [-0.4, -0.2) is 23.2 Å². The van der Waals surface area contributed by atoms with Crippen LogP contribution in [0, 0.1) is 0 Å². The summed E-state index contributed by atoms with van der Waals surface area (Å²) in [4.78, 5) is 12.1. The molecule has 0 aliphatic heterocycles. The molecule has 0 radical (unpaired) electrons. The zero-order valence-electron chi connectivity index (χ0n) is 11.0. The van der Waals surface area contributed by atoms with Gasteiger partial charge in [-0.1, -0.05) is 37.3 Å². The maximum absolute atomic E-state index is 12.1. The van der Waals surface area contributed by atoms with Crippen molar-refractivity contribution >= 4 is 5.91 Å². The van der Waals surface area contributed by atoms with Gasteiger partial charge in [0.1, 0.15) is 6.04 Å². The minimum atomic E-state index is -0.671. The highest BCUT2D eigenvalue weighted by Gasteiger charge is 2.26. The molecule has 1 aromatic carbocycles. The zero-order chi connectivity index (χ0) is 13.6. The third kappa shape index (κ3) is 3.82. The van der Waals surface area contributed by atoms with Gasteiger partial charge in [0.25, 0.3) is 0 Å². The second-order valence-electron chi connectivity index (χ2n) is 4.77. The van der Waals surface area contributed by atoms with Crippen LogP contribution in [0.5, 0.6) is 0 Å². The molecule has 2 atom stereocenters. The average molecular weight is 250 g/mol. The lowest BCUT2D eigenvalue weighted by Crippen LogP contribution is -2.49. The van der Waals surface area contributed by atoms with Crippen molar-refractivity contribution in [2.24, 2.45) is 5.73 Å². The number of hydrogen-bond acceptors (Lipinski definition) is 3. The standard InChI is InChI=1S/C14H22N2O2/c1-3-14(2,9-10-17)16-13(18)12(15)11-7-5-4-6-8-11/h4-8,12,17H,3,9-10,15H2,1-2H3,(H,16,18). The molecule has 18 heavy (non-hydrogen) atoms. The molecule has 0 aliphatic rings. The molecule has 0 fully saturated rings. The number of amides is 1. The number of carbonyl (C=O) groups excluding carboxylic acids is 1. The molecule has 4 heteroatoms. The Kier molecular flexibility index (Phi) is 5.31. The minimum absolute atomic E-state index is 0.0468. The van der Waals surface area contributed by atoms with E-state index in [9.17, 15) is 4.79 Å². The molecule has 0 bridgehead atoms. The third-order valence-corrected chi connectivity index (χ3v) is 3.31.